The standard InChI is InChI=1S/C16H17N5O2/c1-10-7-21(8-14(23-10)16(22)18-2)13-4-3-11(5-17)15-12(13)6-19-9-20-15/h3-4,6,9-10,14H,7-8H2,1-2H3,(H,18,22)/t10-,14-/m1/s1. The van der Waals surface area contributed by atoms with E-state index in [0.717, 1.165) is 11.1 Å². The van der Waals surface area contributed by atoms with Crippen LogP contribution < -0.4 is 10.2 Å². The van der Waals surface area contributed by atoms with Gasteiger partial charge < -0.3 is 15.0 Å². The highest BCUT2D eigenvalue weighted by molar-refractivity contribution is 5.95. The number of rotatable bonds is 2. The van der Waals surface area contributed by atoms with Crippen molar-refractivity contribution < 1.29 is 9.53 Å². The topological polar surface area (TPSA) is 91.1 Å². The molecule has 0 spiro atoms. The maximum Gasteiger partial charge on any atom is 0.250 e. The Hall–Kier alpha value is -2.72. The molecule has 7 nitrogen and oxygen atoms in total. The van der Waals surface area contributed by atoms with Crippen molar-refractivity contribution in [1.29, 1.82) is 5.26 Å². The van der Waals surface area contributed by atoms with Gasteiger partial charge in [0.25, 0.3) is 5.91 Å². The summed E-state index contributed by atoms with van der Waals surface area (Å²) in [6.45, 7) is 3.04. The van der Waals surface area contributed by atoms with Crippen LogP contribution >= 0.6 is 0 Å². The number of benzene rings is 1. The van der Waals surface area contributed by atoms with Gasteiger partial charge in [-0.3, -0.25) is 4.79 Å². The number of aromatic nitrogens is 2. The highest BCUT2D eigenvalue weighted by Crippen LogP contribution is 2.29. The van der Waals surface area contributed by atoms with Crippen molar-refractivity contribution >= 4 is 22.5 Å². The lowest BCUT2D eigenvalue weighted by atomic mass is 10.1. The summed E-state index contributed by atoms with van der Waals surface area (Å²) in [7, 11) is 1.60. The minimum atomic E-state index is -0.529. The molecule has 0 unspecified atom stereocenters. The second-order valence-corrected chi connectivity index (χ2v) is 5.48. The summed E-state index contributed by atoms with van der Waals surface area (Å²) in [4.78, 5) is 22.3. The average Bonchev–Trinajstić information content (AvgIpc) is 2.59. The van der Waals surface area contributed by atoms with Crippen LogP contribution in [-0.2, 0) is 9.53 Å². The molecule has 1 amide bonds. The van der Waals surface area contributed by atoms with E-state index in [1.54, 1.807) is 19.3 Å². The third kappa shape index (κ3) is 2.81. The molecule has 0 aliphatic carbocycles. The molecule has 1 N–H and O–H groups in total. The predicted molar refractivity (Wildman–Crippen MR) is 84.9 cm³/mol. The Labute approximate surface area is 133 Å². The van der Waals surface area contributed by atoms with Gasteiger partial charge in [-0.25, -0.2) is 9.97 Å². The lowest BCUT2D eigenvalue weighted by molar-refractivity contribution is -0.136. The lowest BCUT2D eigenvalue weighted by Gasteiger charge is -2.37. The molecule has 1 aromatic heterocycles. The normalized spacial score (nSPS) is 21.0. The molecule has 1 fully saturated rings. The molecule has 118 valence electrons. The minimum Gasteiger partial charge on any atom is -0.365 e. The van der Waals surface area contributed by atoms with E-state index in [0.29, 0.717) is 24.2 Å². The first kappa shape index (κ1) is 15.2. The Morgan fingerprint density at radius 2 is 2.30 bits per heavy atom. The van der Waals surface area contributed by atoms with Gasteiger partial charge in [-0.1, -0.05) is 0 Å². The average molecular weight is 311 g/mol. The predicted octanol–water partition coefficient (Wildman–Crippen LogP) is 0.841. The van der Waals surface area contributed by atoms with Crippen molar-refractivity contribution in [2.45, 2.75) is 19.1 Å². The Bertz CT molecular complexity index is 786. The summed E-state index contributed by atoms with van der Waals surface area (Å²) in [5, 5.41) is 12.7. The summed E-state index contributed by atoms with van der Waals surface area (Å²) in [5.74, 6) is -0.143. The zero-order valence-corrected chi connectivity index (χ0v) is 13.0. The Kier molecular flexibility index (Phi) is 4.08. The first-order valence-corrected chi connectivity index (χ1v) is 7.39. The van der Waals surface area contributed by atoms with E-state index in [2.05, 4.69) is 26.3 Å². The molecule has 2 aromatic rings. The number of carbonyl (C=O) groups is 1. The third-order valence-electron chi connectivity index (χ3n) is 3.91. The molecule has 2 atom stereocenters. The highest BCUT2D eigenvalue weighted by atomic mass is 16.5. The van der Waals surface area contributed by atoms with Crippen LogP contribution in [0.4, 0.5) is 5.69 Å². The molecule has 1 saturated heterocycles. The van der Waals surface area contributed by atoms with Gasteiger partial charge in [0.1, 0.15) is 12.4 Å². The minimum absolute atomic E-state index is 0.0821. The number of anilines is 1. The van der Waals surface area contributed by atoms with Crippen molar-refractivity contribution in [1.82, 2.24) is 15.3 Å². The number of ether oxygens (including phenoxy) is 1. The van der Waals surface area contributed by atoms with Crippen molar-refractivity contribution in [3.63, 3.8) is 0 Å². The lowest BCUT2D eigenvalue weighted by Crippen LogP contribution is -2.52. The van der Waals surface area contributed by atoms with Crippen LogP contribution in [0.2, 0.25) is 0 Å². The number of morpholine rings is 1. The second kappa shape index (κ2) is 6.18. The monoisotopic (exact) mass is 311 g/mol. The van der Waals surface area contributed by atoms with Gasteiger partial charge in [-0.15, -0.1) is 0 Å². The van der Waals surface area contributed by atoms with Gasteiger partial charge in [-0.05, 0) is 19.1 Å². The summed E-state index contributed by atoms with van der Waals surface area (Å²) >= 11 is 0. The van der Waals surface area contributed by atoms with E-state index >= 15 is 0 Å². The quantitative estimate of drug-likeness (QED) is 0.884. The van der Waals surface area contributed by atoms with Crippen LogP contribution in [-0.4, -0.2) is 48.2 Å². The van der Waals surface area contributed by atoms with Crippen LogP contribution in [0, 0.1) is 11.3 Å². The fourth-order valence-corrected chi connectivity index (χ4v) is 2.88. The van der Waals surface area contributed by atoms with E-state index in [1.165, 1.54) is 6.33 Å². The zero-order chi connectivity index (χ0) is 16.4. The summed E-state index contributed by atoms with van der Waals surface area (Å²) in [5.41, 5.74) is 2.04. The Morgan fingerprint density at radius 3 is 3.04 bits per heavy atom. The first-order valence-electron chi connectivity index (χ1n) is 7.39. The Balaban J connectivity index is 2.03. The number of nitrogens with zero attached hydrogens (tertiary/aromatic N) is 4. The smallest absolute Gasteiger partial charge is 0.250 e. The number of likely N-dealkylation sites (N-methyl/N-ethyl adjacent to an activating group) is 1. The summed E-state index contributed by atoms with van der Waals surface area (Å²) in [6, 6.07) is 5.78. The molecule has 23 heavy (non-hydrogen) atoms. The number of nitriles is 1. The van der Waals surface area contributed by atoms with Gasteiger partial charge in [0.2, 0.25) is 0 Å². The first-order chi connectivity index (χ1) is 11.1. The molecular weight excluding hydrogens is 294 g/mol. The highest BCUT2D eigenvalue weighted by Gasteiger charge is 2.30. The van der Waals surface area contributed by atoms with Gasteiger partial charge in [0, 0.05) is 30.9 Å². The number of carbonyl (C=O) groups excluding carboxylic acids is 1. The molecule has 1 aliphatic rings. The molecule has 0 radical (unpaired) electrons. The molecule has 3 rings (SSSR count). The van der Waals surface area contributed by atoms with Crippen LogP contribution in [0.15, 0.2) is 24.7 Å². The summed E-state index contributed by atoms with van der Waals surface area (Å²) in [6.07, 6.45) is 2.52. The van der Waals surface area contributed by atoms with Crippen LogP contribution in [0.5, 0.6) is 0 Å². The molecule has 1 aromatic carbocycles. The van der Waals surface area contributed by atoms with E-state index in [1.807, 2.05) is 13.0 Å². The van der Waals surface area contributed by atoms with Gasteiger partial charge in [0.15, 0.2) is 6.10 Å². The second-order valence-electron chi connectivity index (χ2n) is 5.48. The van der Waals surface area contributed by atoms with Crippen molar-refractivity contribution in [2.24, 2.45) is 0 Å². The van der Waals surface area contributed by atoms with E-state index in [9.17, 15) is 10.1 Å². The maximum absolute atomic E-state index is 11.9. The fraction of sp³-hybridized carbons (Fsp3) is 0.375. The maximum atomic E-state index is 11.9. The van der Waals surface area contributed by atoms with Crippen LogP contribution in [0.1, 0.15) is 12.5 Å². The SMILES string of the molecule is CNC(=O)[C@H]1CN(c2ccc(C#N)c3ncncc23)C[C@@H](C)O1. The molecule has 7 heteroatoms. The van der Waals surface area contributed by atoms with Crippen LogP contribution in [0.25, 0.3) is 10.9 Å². The number of fused-ring (bicyclic) bond motifs is 1. The van der Waals surface area contributed by atoms with E-state index in [-0.39, 0.29) is 12.0 Å². The molecular formula is C16H17N5O2. The van der Waals surface area contributed by atoms with Crippen molar-refractivity contribution in [3.8, 4) is 6.07 Å². The van der Waals surface area contributed by atoms with Gasteiger partial charge >= 0.3 is 0 Å². The molecule has 0 bridgehead atoms. The number of hydrogen-bond acceptors (Lipinski definition) is 6. The molecule has 0 saturated carbocycles. The van der Waals surface area contributed by atoms with E-state index in [4.69, 9.17) is 4.74 Å². The van der Waals surface area contributed by atoms with Crippen molar-refractivity contribution in [3.05, 3.63) is 30.2 Å². The van der Waals surface area contributed by atoms with Gasteiger partial charge in [-0.2, -0.15) is 5.26 Å². The number of amides is 1. The van der Waals surface area contributed by atoms with E-state index < -0.39 is 6.10 Å². The van der Waals surface area contributed by atoms with Crippen molar-refractivity contribution in [2.75, 3.05) is 25.0 Å². The molecule has 2 heterocycles. The summed E-state index contributed by atoms with van der Waals surface area (Å²) < 4.78 is 5.71. The largest absolute Gasteiger partial charge is 0.365 e. The Morgan fingerprint density at radius 1 is 1.48 bits per heavy atom. The molecule has 1 aliphatic heterocycles. The number of hydrogen-bond donors (Lipinski definition) is 1. The third-order valence-corrected chi connectivity index (χ3v) is 3.91. The zero-order valence-electron chi connectivity index (χ0n) is 13.0. The van der Waals surface area contributed by atoms with Gasteiger partial charge in [0.05, 0.1) is 23.7 Å². The number of nitrogens with one attached hydrogen (secondary N) is 1. The van der Waals surface area contributed by atoms with Crippen LogP contribution in [0.3, 0.4) is 0 Å². The fourth-order valence-electron chi connectivity index (χ4n) is 2.88.